The van der Waals surface area contributed by atoms with Crippen LogP contribution in [0.25, 0.3) is 10.9 Å². The Kier molecular flexibility index (Phi) is 9.83. The highest BCUT2D eigenvalue weighted by Crippen LogP contribution is 2.31. The molecule has 0 aliphatic carbocycles. The molecular formula is C38H38F3N5O4. The third kappa shape index (κ3) is 7.45. The number of nitrogens with zero attached hydrogens (tertiary/aromatic N) is 5. The first kappa shape index (κ1) is 34.5. The number of rotatable bonds is 9. The van der Waals surface area contributed by atoms with Crippen LogP contribution in [0.4, 0.5) is 18.9 Å². The summed E-state index contributed by atoms with van der Waals surface area (Å²) in [4.78, 5) is 36.4. The van der Waals surface area contributed by atoms with Gasteiger partial charge < -0.3 is 23.8 Å². The molecule has 260 valence electrons. The summed E-state index contributed by atoms with van der Waals surface area (Å²) >= 11 is 0. The van der Waals surface area contributed by atoms with Crippen LogP contribution in [-0.4, -0.2) is 71.5 Å². The van der Waals surface area contributed by atoms with E-state index < -0.39 is 17.6 Å². The molecule has 0 bridgehead atoms. The van der Waals surface area contributed by atoms with Crippen molar-refractivity contribution in [2.24, 2.45) is 7.05 Å². The average molecular weight is 686 g/mol. The number of halogens is 3. The van der Waals surface area contributed by atoms with Gasteiger partial charge in [0, 0.05) is 62.3 Å². The summed E-state index contributed by atoms with van der Waals surface area (Å²) in [5.41, 5.74) is 2.45. The van der Waals surface area contributed by atoms with Crippen LogP contribution >= 0.6 is 0 Å². The van der Waals surface area contributed by atoms with Crippen LogP contribution < -0.4 is 14.4 Å². The molecule has 6 rings (SSSR count). The number of benzene rings is 3. The second-order valence-corrected chi connectivity index (χ2v) is 12.5. The SMILES string of the molecule is COc1ccc(CN(C)C2CCN(C(=O)c3cc4cc(Oc5ccc(N(C)C(=O)c6ccc(C(F)(F)F)cc6)cn5)ccc4n3C)CC2)cc1. The molecule has 1 fully saturated rings. The third-order valence-corrected chi connectivity index (χ3v) is 9.29. The summed E-state index contributed by atoms with van der Waals surface area (Å²) in [7, 11) is 7.19. The van der Waals surface area contributed by atoms with Gasteiger partial charge in [-0.15, -0.1) is 0 Å². The lowest BCUT2D eigenvalue weighted by Gasteiger charge is -2.37. The molecule has 0 spiro atoms. The lowest BCUT2D eigenvalue weighted by atomic mass is 10.0. The molecule has 1 aliphatic heterocycles. The maximum atomic E-state index is 13.6. The number of carbonyl (C=O) groups is 2. The van der Waals surface area contributed by atoms with E-state index in [9.17, 15) is 22.8 Å². The predicted octanol–water partition coefficient (Wildman–Crippen LogP) is 7.41. The van der Waals surface area contributed by atoms with Crippen LogP contribution in [0.3, 0.4) is 0 Å². The van der Waals surface area contributed by atoms with Crippen molar-refractivity contribution in [3.8, 4) is 17.4 Å². The minimum atomic E-state index is -4.48. The third-order valence-electron chi connectivity index (χ3n) is 9.29. The van der Waals surface area contributed by atoms with Crippen molar-refractivity contribution in [1.82, 2.24) is 19.4 Å². The highest BCUT2D eigenvalue weighted by Gasteiger charge is 2.31. The standard InChI is InChI=1S/C38H38F3N5O4/c1-43(24-25-5-12-31(49-4)13-6-25)29-17-19-46(20-18-29)37(48)34-22-27-21-32(14-15-33(27)45(34)3)50-35-16-11-30(23-42-35)44(2)36(47)26-7-9-28(10-8-26)38(39,40)41/h5-16,21-23,29H,17-20,24H2,1-4H3. The molecule has 0 N–H and O–H groups in total. The van der Waals surface area contributed by atoms with Gasteiger partial charge >= 0.3 is 6.18 Å². The Morgan fingerprint density at radius 2 is 1.58 bits per heavy atom. The highest BCUT2D eigenvalue weighted by molar-refractivity contribution is 6.05. The number of likely N-dealkylation sites (tertiary alicyclic amines) is 1. The van der Waals surface area contributed by atoms with E-state index >= 15 is 0 Å². The molecule has 5 aromatic rings. The van der Waals surface area contributed by atoms with Crippen molar-refractivity contribution >= 4 is 28.4 Å². The zero-order valence-corrected chi connectivity index (χ0v) is 28.3. The Balaban J connectivity index is 1.06. The van der Waals surface area contributed by atoms with Crippen molar-refractivity contribution in [2.75, 3.05) is 39.2 Å². The number of alkyl halides is 3. The monoisotopic (exact) mass is 685 g/mol. The second-order valence-electron chi connectivity index (χ2n) is 12.5. The van der Waals surface area contributed by atoms with Gasteiger partial charge in [0.25, 0.3) is 11.8 Å². The molecule has 3 heterocycles. The summed E-state index contributed by atoms with van der Waals surface area (Å²) in [6, 6.07) is 23.2. The molecule has 1 saturated heterocycles. The number of anilines is 1. The van der Waals surface area contributed by atoms with Crippen molar-refractivity contribution in [1.29, 1.82) is 0 Å². The number of ether oxygens (including phenoxy) is 2. The topological polar surface area (TPSA) is 80.1 Å². The number of fused-ring (bicyclic) bond motifs is 1. The minimum Gasteiger partial charge on any atom is -0.497 e. The van der Waals surface area contributed by atoms with Crippen LogP contribution in [0.2, 0.25) is 0 Å². The van der Waals surface area contributed by atoms with E-state index in [1.54, 1.807) is 25.3 Å². The van der Waals surface area contributed by atoms with Crippen molar-refractivity contribution in [2.45, 2.75) is 31.6 Å². The van der Waals surface area contributed by atoms with Gasteiger partial charge in [-0.3, -0.25) is 14.5 Å². The summed E-state index contributed by atoms with van der Waals surface area (Å²) < 4.78 is 51.8. The number of carbonyl (C=O) groups excluding carboxylic acids is 2. The number of pyridine rings is 1. The fourth-order valence-corrected chi connectivity index (χ4v) is 6.28. The van der Waals surface area contributed by atoms with E-state index in [4.69, 9.17) is 9.47 Å². The van der Waals surface area contributed by atoms with Gasteiger partial charge in [-0.1, -0.05) is 12.1 Å². The van der Waals surface area contributed by atoms with Gasteiger partial charge in [-0.05, 0) is 92.2 Å². The van der Waals surface area contributed by atoms with Crippen LogP contribution in [0.1, 0.15) is 44.8 Å². The normalized spacial score (nSPS) is 13.9. The number of aromatic nitrogens is 2. The van der Waals surface area contributed by atoms with Crippen LogP contribution in [0.15, 0.2) is 91.1 Å². The number of piperidine rings is 1. The molecule has 2 amide bonds. The first-order valence-electron chi connectivity index (χ1n) is 16.2. The van der Waals surface area contributed by atoms with Gasteiger partial charge in [-0.25, -0.2) is 4.98 Å². The molecule has 2 aromatic heterocycles. The first-order chi connectivity index (χ1) is 23.9. The van der Waals surface area contributed by atoms with Crippen molar-refractivity contribution in [3.05, 3.63) is 114 Å². The molecule has 1 aliphatic rings. The molecule has 3 aromatic carbocycles. The second kappa shape index (κ2) is 14.2. The maximum absolute atomic E-state index is 13.6. The number of aryl methyl sites for hydroxylation is 1. The Bertz CT molecular complexity index is 1970. The van der Waals surface area contributed by atoms with Gasteiger partial charge in [0.15, 0.2) is 0 Å². The summed E-state index contributed by atoms with van der Waals surface area (Å²) in [5.74, 6) is 1.17. The summed E-state index contributed by atoms with van der Waals surface area (Å²) in [5, 5.41) is 0.848. The van der Waals surface area contributed by atoms with E-state index in [0.717, 1.165) is 60.3 Å². The molecule has 0 radical (unpaired) electrons. The lowest BCUT2D eigenvalue weighted by molar-refractivity contribution is -0.137. The van der Waals surface area contributed by atoms with Crippen LogP contribution in [-0.2, 0) is 19.8 Å². The average Bonchev–Trinajstić information content (AvgIpc) is 3.46. The molecule has 50 heavy (non-hydrogen) atoms. The van der Waals surface area contributed by atoms with E-state index in [1.165, 1.54) is 23.7 Å². The summed E-state index contributed by atoms with van der Waals surface area (Å²) in [6.07, 6.45) is -1.24. The lowest BCUT2D eigenvalue weighted by Crippen LogP contribution is -2.45. The van der Waals surface area contributed by atoms with Gasteiger partial charge in [0.1, 0.15) is 17.2 Å². The molecular weight excluding hydrogens is 647 g/mol. The molecule has 12 heteroatoms. The molecule has 0 unspecified atom stereocenters. The summed E-state index contributed by atoms with van der Waals surface area (Å²) in [6.45, 7) is 2.19. The zero-order chi connectivity index (χ0) is 35.6. The Labute approximate surface area is 288 Å². The quantitative estimate of drug-likeness (QED) is 0.161. The van der Waals surface area contributed by atoms with Gasteiger partial charge in [-0.2, -0.15) is 13.2 Å². The Morgan fingerprint density at radius 3 is 2.20 bits per heavy atom. The van der Waals surface area contributed by atoms with Crippen LogP contribution in [0.5, 0.6) is 17.4 Å². The van der Waals surface area contributed by atoms with Gasteiger partial charge in [0.2, 0.25) is 5.88 Å². The van der Waals surface area contributed by atoms with Crippen molar-refractivity contribution < 1.29 is 32.2 Å². The Morgan fingerprint density at radius 1 is 0.900 bits per heavy atom. The van der Waals surface area contributed by atoms with E-state index in [0.29, 0.717) is 36.3 Å². The zero-order valence-electron chi connectivity index (χ0n) is 28.3. The Hall–Kier alpha value is -5.36. The first-order valence-corrected chi connectivity index (χ1v) is 16.2. The van der Waals surface area contributed by atoms with Crippen molar-refractivity contribution in [3.63, 3.8) is 0 Å². The molecule has 0 atom stereocenters. The smallest absolute Gasteiger partial charge is 0.416 e. The fourth-order valence-electron chi connectivity index (χ4n) is 6.28. The van der Waals surface area contributed by atoms with Crippen LogP contribution in [0, 0.1) is 0 Å². The molecule has 9 nitrogen and oxygen atoms in total. The number of hydrogen-bond acceptors (Lipinski definition) is 6. The number of amides is 2. The van der Waals surface area contributed by atoms with E-state index in [1.807, 2.05) is 46.8 Å². The van der Waals surface area contributed by atoms with Gasteiger partial charge in [0.05, 0.1) is 24.6 Å². The fraction of sp³-hybridized carbons (Fsp3) is 0.289. The van der Waals surface area contributed by atoms with E-state index in [2.05, 4.69) is 29.1 Å². The maximum Gasteiger partial charge on any atom is 0.416 e. The largest absolute Gasteiger partial charge is 0.497 e. The number of hydrogen-bond donors (Lipinski definition) is 0. The number of methoxy groups -OCH3 is 1. The predicted molar refractivity (Wildman–Crippen MR) is 185 cm³/mol. The molecule has 0 saturated carbocycles. The highest BCUT2D eigenvalue weighted by atomic mass is 19.4. The van der Waals surface area contributed by atoms with E-state index in [-0.39, 0.29) is 17.4 Å². The minimum absolute atomic E-state index is 0.00496.